The molecule has 0 heterocycles. The Hall–Kier alpha value is -1.61. The molecule has 0 saturated carbocycles. The van der Waals surface area contributed by atoms with Crippen LogP contribution in [0.15, 0.2) is 48.6 Å². The lowest BCUT2D eigenvalue weighted by atomic mass is 10.2. The number of unbranched alkanes of at least 4 members (excludes halogenated alkanes) is 4. The monoisotopic (exact) mass is 320 g/mol. The third-order valence-corrected chi connectivity index (χ3v) is 3.27. The smallest absolute Gasteiger partial charge is 0.303 e. The quantitative estimate of drug-likeness (QED) is 0.322. The van der Waals surface area contributed by atoms with Crippen LogP contribution in [0.3, 0.4) is 0 Å². The van der Waals surface area contributed by atoms with E-state index >= 15 is 0 Å². The number of carboxylic acid groups (broad SMARTS) is 1. The van der Waals surface area contributed by atoms with E-state index in [0.29, 0.717) is 13.0 Å². The molecule has 0 aliphatic rings. The van der Waals surface area contributed by atoms with Crippen molar-refractivity contribution in [2.24, 2.45) is 0 Å². The number of aliphatic hydroxyl groups excluding tert-OH is 1. The molecule has 0 spiro atoms. The second kappa shape index (κ2) is 18.4. The Morgan fingerprint density at radius 1 is 0.652 bits per heavy atom. The van der Waals surface area contributed by atoms with Gasteiger partial charge < -0.3 is 10.2 Å². The van der Waals surface area contributed by atoms with Gasteiger partial charge in [0.15, 0.2) is 0 Å². The van der Waals surface area contributed by atoms with Gasteiger partial charge in [-0.2, -0.15) is 0 Å². The fourth-order valence-corrected chi connectivity index (χ4v) is 1.97. The Bertz CT molecular complexity index is 378. The summed E-state index contributed by atoms with van der Waals surface area (Å²) in [5.41, 5.74) is 0. The first kappa shape index (κ1) is 21.4. The van der Waals surface area contributed by atoms with Gasteiger partial charge in [0.2, 0.25) is 0 Å². The average Bonchev–Trinajstić information content (AvgIpc) is 2.53. The molecule has 0 bridgehead atoms. The van der Waals surface area contributed by atoms with Crippen LogP contribution in [-0.2, 0) is 4.79 Å². The van der Waals surface area contributed by atoms with Crippen molar-refractivity contribution >= 4 is 5.97 Å². The highest BCUT2D eigenvalue weighted by molar-refractivity contribution is 5.66. The third kappa shape index (κ3) is 20.4. The van der Waals surface area contributed by atoms with E-state index in [1.54, 1.807) is 0 Å². The van der Waals surface area contributed by atoms with Crippen LogP contribution in [0.2, 0.25) is 0 Å². The predicted molar refractivity (Wildman–Crippen MR) is 97.5 cm³/mol. The van der Waals surface area contributed by atoms with Crippen LogP contribution in [0, 0.1) is 0 Å². The molecule has 0 rings (SSSR count). The van der Waals surface area contributed by atoms with Crippen LogP contribution in [0.1, 0.15) is 64.2 Å². The lowest BCUT2D eigenvalue weighted by Crippen LogP contribution is -1.92. The highest BCUT2D eigenvalue weighted by Gasteiger charge is 1.92. The Morgan fingerprint density at radius 3 is 1.61 bits per heavy atom. The van der Waals surface area contributed by atoms with Gasteiger partial charge in [0.25, 0.3) is 0 Å². The van der Waals surface area contributed by atoms with Gasteiger partial charge in [0, 0.05) is 13.0 Å². The molecule has 0 radical (unpaired) electrons. The molecular weight excluding hydrogens is 288 g/mol. The zero-order valence-corrected chi connectivity index (χ0v) is 14.2. The average molecular weight is 320 g/mol. The minimum Gasteiger partial charge on any atom is -0.481 e. The fraction of sp³-hybridized carbons (Fsp3) is 0.550. The summed E-state index contributed by atoms with van der Waals surface area (Å²) in [7, 11) is 0. The van der Waals surface area contributed by atoms with Gasteiger partial charge >= 0.3 is 5.97 Å². The maximum atomic E-state index is 10.3. The lowest BCUT2D eigenvalue weighted by molar-refractivity contribution is -0.137. The Morgan fingerprint density at radius 2 is 1.13 bits per heavy atom. The summed E-state index contributed by atoms with van der Waals surface area (Å²) >= 11 is 0. The van der Waals surface area contributed by atoms with E-state index in [-0.39, 0.29) is 6.42 Å². The second-order valence-electron chi connectivity index (χ2n) is 5.45. The molecule has 23 heavy (non-hydrogen) atoms. The van der Waals surface area contributed by atoms with Crippen LogP contribution in [0.4, 0.5) is 0 Å². The minimum atomic E-state index is -0.721. The fourth-order valence-electron chi connectivity index (χ4n) is 1.97. The van der Waals surface area contributed by atoms with Gasteiger partial charge in [-0.3, -0.25) is 4.79 Å². The van der Waals surface area contributed by atoms with E-state index < -0.39 is 5.97 Å². The van der Waals surface area contributed by atoms with Crippen molar-refractivity contribution in [3.8, 4) is 0 Å². The van der Waals surface area contributed by atoms with E-state index in [2.05, 4.69) is 48.6 Å². The summed E-state index contributed by atoms with van der Waals surface area (Å²) < 4.78 is 0. The Labute approximate surface area is 141 Å². The Kier molecular flexibility index (Phi) is 17.1. The van der Waals surface area contributed by atoms with Crippen molar-refractivity contribution in [3.63, 3.8) is 0 Å². The van der Waals surface area contributed by atoms with Gasteiger partial charge in [0.1, 0.15) is 0 Å². The van der Waals surface area contributed by atoms with Crippen LogP contribution in [0.25, 0.3) is 0 Å². The second-order valence-corrected chi connectivity index (χ2v) is 5.45. The molecule has 0 aromatic carbocycles. The van der Waals surface area contributed by atoms with Crippen LogP contribution in [0.5, 0.6) is 0 Å². The maximum Gasteiger partial charge on any atom is 0.303 e. The van der Waals surface area contributed by atoms with Crippen LogP contribution >= 0.6 is 0 Å². The largest absolute Gasteiger partial charge is 0.481 e. The van der Waals surface area contributed by atoms with Gasteiger partial charge in [0.05, 0.1) is 0 Å². The van der Waals surface area contributed by atoms with Crippen LogP contribution < -0.4 is 0 Å². The van der Waals surface area contributed by atoms with E-state index in [1.165, 1.54) is 0 Å². The molecule has 0 atom stereocenters. The first-order valence-corrected chi connectivity index (χ1v) is 8.70. The number of carboxylic acids is 1. The number of rotatable bonds is 15. The van der Waals surface area contributed by atoms with Crippen molar-refractivity contribution < 1.29 is 15.0 Å². The van der Waals surface area contributed by atoms with Crippen molar-refractivity contribution in [2.75, 3.05) is 6.61 Å². The van der Waals surface area contributed by atoms with Crippen molar-refractivity contribution in [1.82, 2.24) is 0 Å². The summed E-state index contributed by atoms with van der Waals surface area (Å²) in [4.78, 5) is 10.3. The normalized spacial score (nSPS) is 12.4. The summed E-state index contributed by atoms with van der Waals surface area (Å²) in [6.45, 7) is 0.306. The number of allylic oxidation sites excluding steroid dienone is 8. The maximum absolute atomic E-state index is 10.3. The standard InChI is InChI=1S/C20H32O3/c21-19-17-15-13-11-9-7-5-3-1-2-4-6-8-10-12-14-16-18-20(22)23/h1,3-4,6-7,9-10,12,21H,2,5,8,11,13-19H2,(H,22,23)/b3-1-,6-4-,9-7-,12-10-. The van der Waals surface area contributed by atoms with Gasteiger partial charge in [-0.1, -0.05) is 55.0 Å². The number of hydrogen-bond donors (Lipinski definition) is 2. The molecule has 3 nitrogen and oxygen atoms in total. The zero-order valence-electron chi connectivity index (χ0n) is 14.2. The Balaban J connectivity index is 3.39. The van der Waals surface area contributed by atoms with Gasteiger partial charge in [-0.25, -0.2) is 0 Å². The van der Waals surface area contributed by atoms with Crippen LogP contribution in [-0.4, -0.2) is 22.8 Å². The van der Waals surface area contributed by atoms with E-state index in [9.17, 15) is 4.79 Å². The molecule has 0 amide bonds. The van der Waals surface area contributed by atoms with Crippen molar-refractivity contribution in [1.29, 1.82) is 0 Å². The molecule has 130 valence electrons. The van der Waals surface area contributed by atoms with E-state index in [4.69, 9.17) is 10.2 Å². The highest BCUT2D eigenvalue weighted by Crippen LogP contribution is 2.01. The number of carbonyl (C=O) groups is 1. The topological polar surface area (TPSA) is 57.5 Å². The summed E-state index contributed by atoms with van der Waals surface area (Å²) in [5, 5.41) is 17.1. The zero-order chi connectivity index (χ0) is 17.0. The lowest BCUT2D eigenvalue weighted by Gasteiger charge is -1.93. The third-order valence-electron chi connectivity index (χ3n) is 3.27. The number of aliphatic hydroxyl groups is 1. The summed E-state index contributed by atoms with van der Waals surface area (Å²) in [5.74, 6) is -0.721. The number of hydrogen-bond acceptors (Lipinski definition) is 2. The molecule has 0 aliphatic heterocycles. The van der Waals surface area contributed by atoms with E-state index in [0.717, 1.165) is 51.4 Å². The van der Waals surface area contributed by atoms with Gasteiger partial charge in [-0.15, -0.1) is 0 Å². The summed E-state index contributed by atoms with van der Waals surface area (Å²) in [6.07, 6.45) is 26.1. The molecule has 0 unspecified atom stereocenters. The first-order valence-electron chi connectivity index (χ1n) is 8.70. The van der Waals surface area contributed by atoms with E-state index in [1.807, 2.05) is 0 Å². The molecule has 0 aromatic heterocycles. The minimum absolute atomic E-state index is 0.252. The SMILES string of the molecule is O=C(O)CCC/C=C\C/C=C\C/C=C\C/C=C\CCCCCO. The molecule has 2 N–H and O–H groups in total. The highest BCUT2D eigenvalue weighted by atomic mass is 16.4. The molecule has 0 saturated heterocycles. The number of aliphatic carboxylic acids is 1. The molecule has 3 heteroatoms. The summed E-state index contributed by atoms with van der Waals surface area (Å²) in [6, 6.07) is 0. The molecule has 0 fully saturated rings. The van der Waals surface area contributed by atoms with Gasteiger partial charge in [-0.05, 0) is 51.4 Å². The van der Waals surface area contributed by atoms with Crippen molar-refractivity contribution in [2.45, 2.75) is 64.2 Å². The predicted octanol–water partition coefficient (Wildman–Crippen LogP) is 5.19. The molecular formula is C20H32O3. The first-order chi connectivity index (χ1) is 11.3. The van der Waals surface area contributed by atoms with Crippen molar-refractivity contribution in [3.05, 3.63) is 48.6 Å². The molecule has 0 aromatic rings. The molecule has 0 aliphatic carbocycles.